The van der Waals surface area contributed by atoms with Gasteiger partial charge in [-0.2, -0.15) is 0 Å². The molecule has 1 saturated heterocycles. The van der Waals surface area contributed by atoms with Crippen molar-refractivity contribution in [3.05, 3.63) is 11.6 Å². The van der Waals surface area contributed by atoms with Gasteiger partial charge in [-0.3, -0.25) is 0 Å². The number of hydrogen-bond acceptors (Lipinski definition) is 1. The van der Waals surface area contributed by atoms with E-state index < -0.39 is 0 Å². The first-order valence-electron chi connectivity index (χ1n) is 6.71. The van der Waals surface area contributed by atoms with Crippen LogP contribution in [0.15, 0.2) is 11.6 Å². The summed E-state index contributed by atoms with van der Waals surface area (Å²) >= 11 is 0. The number of allylic oxidation sites excluding steroid dienone is 2. The molecule has 1 heteroatoms. The number of ether oxygens (including phenoxy) is 1. The van der Waals surface area contributed by atoms with Crippen molar-refractivity contribution in [2.45, 2.75) is 71.5 Å². The first kappa shape index (κ1) is 12.2. The fraction of sp³-hybridized carbons (Fsp3) is 0.867. The quantitative estimate of drug-likeness (QED) is 0.646. The third kappa shape index (κ3) is 1.84. The highest BCUT2D eigenvalue weighted by Gasteiger charge is 2.59. The Morgan fingerprint density at radius 1 is 1.38 bits per heavy atom. The average molecular weight is 222 g/mol. The lowest BCUT2D eigenvalue weighted by Gasteiger charge is -2.37. The molecular weight excluding hydrogens is 196 g/mol. The van der Waals surface area contributed by atoms with Gasteiger partial charge < -0.3 is 4.74 Å². The van der Waals surface area contributed by atoms with E-state index in [9.17, 15) is 0 Å². The highest BCUT2D eigenvalue weighted by Crippen LogP contribution is 2.58. The van der Waals surface area contributed by atoms with Crippen molar-refractivity contribution in [3.8, 4) is 0 Å². The van der Waals surface area contributed by atoms with E-state index in [1.165, 1.54) is 24.8 Å². The minimum Gasteiger partial charge on any atom is -0.369 e. The minimum absolute atomic E-state index is 0.137. The van der Waals surface area contributed by atoms with E-state index in [0.717, 1.165) is 18.3 Å². The molecule has 0 radical (unpaired) electrons. The first-order valence-corrected chi connectivity index (χ1v) is 6.71. The van der Waals surface area contributed by atoms with Crippen LogP contribution in [0.2, 0.25) is 0 Å². The van der Waals surface area contributed by atoms with Crippen LogP contribution >= 0.6 is 0 Å². The molecule has 1 nitrogen and oxygen atoms in total. The third-order valence-electron chi connectivity index (χ3n) is 4.96. The molecule has 0 spiro atoms. The van der Waals surface area contributed by atoms with Crippen LogP contribution in [0.25, 0.3) is 0 Å². The second kappa shape index (κ2) is 3.87. The van der Waals surface area contributed by atoms with Crippen LogP contribution in [0, 0.1) is 11.8 Å². The first-order chi connectivity index (χ1) is 7.37. The van der Waals surface area contributed by atoms with E-state index in [-0.39, 0.29) is 11.2 Å². The summed E-state index contributed by atoms with van der Waals surface area (Å²) in [6, 6.07) is 0. The minimum atomic E-state index is 0.137. The van der Waals surface area contributed by atoms with E-state index in [2.05, 4.69) is 40.7 Å². The van der Waals surface area contributed by atoms with Gasteiger partial charge in [0, 0.05) is 0 Å². The van der Waals surface area contributed by atoms with Gasteiger partial charge in [-0.15, -0.1) is 0 Å². The number of rotatable bonds is 3. The monoisotopic (exact) mass is 222 g/mol. The zero-order valence-electron chi connectivity index (χ0n) is 11.5. The van der Waals surface area contributed by atoms with Crippen molar-refractivity contribution in [2.24, 2.45) is 11.8 Å². The van der Waals surface area contributed by atoms with Gasteiger partial charge in [0.2, 0.25) is 0 Å². The summed E-state index contributed by atoms with van der Waals surface area (Å²) in [5, 5.41) is 0. The summed E-state index contributed by atoms with van der Waals surface area (Å²) in [5.74, 6) is 1.52. The fourth-order valence-electron chi connectivity index (χ4n) is 3.82. The van der Waals surface area contributed by atoms with Gasteiger partial charge >= 0.3 is 0 Å². The topological polar surface area (TPSA) is 9.23 Å². The van der Waals surface area contributed by atoms with E-state index in [4.69, 9.17) is 4.74 Å². The van der Waals surface area contributed by atoms with Gasteiger partial charge in [0.15, 0.2) is 0 Å². The van der Waals surface area contributed by atoms with Gasteiger partial charge in [0.25, 0.3) is 0 Å². The summed E-state index contributed by atoms with van der Waals surface area (Å²) in [4.78, 5) is 0. The Labute approximate surface area is 100 Å². The fourth-order valence-corrected chi connectivity index (χ4v) is 3.82. The molecule has 1 saturated carbocycles. The highest BCUT2D eigenvalue weighted by molar-refractivity contribution is 5.09. The second-order valence-corrected chi connectivity index (χ2v) is 6.48. The Morgan fingerprint density at radius 2 is 2.06 bits per heavy atom. The van der Waals surface area contributed by atoms with Crippen LogP contribution in [0.3, 0.4) is 0 Å². The molecule has 1 aliphatic carbocycles. The van der Waals surface area contributed by atoms with Crippen LogP contribution in [0.4, 0.5) is 0 Å². The Morgan fingerprint density at radius 3 is 2.50 bits per heavy atom. The van der Waals surface area contributed by atoms with Crippen molar-refractivity contribution < 1.29 is 4.74 Å². The van der Waals surface area contributed by atoms with Gasteiger partial charge in [-0.25, -0.2) is 0 Å². The molecule has 2 fully saturated rings. The highest BCUT2D eigenvalue weighted by atomic mass is 16.5. The maximum absolute atomic E-state index is 6.40. The lowest BCUT2D eigenvalue weighted by atomic mass is 9.80. The Kier molecular flexibility index (Phi) is 2.94. The molecule has 2 bridgehead atoms. The maximum atomic E-state index is 6.40. The van der Waals surface area contributed by atoms with Crippen molar-refractivity contribution in [1.82, 2.24) is 0 Å². The predicted octanol–water partition coefficient (Wildman–Crippen LogP) is 4.33. The molecular formula is C15H26O. The van der Waals surface area contributed by atoms with Gasteiger partial charge in [-0.1, -0.05) is 18.6 Å². The van der Waals surface area contributed by atoms with Crippen LogP contribution in [-0.4, -0.2) is 11.2 Å². The Balaban J connectivity index is 2.03. The van der Waals surface area contributed by atoms with Crippen LogP contribution in [-0.2, 0) is 4.74 Å². The van der Waals surface area contributed by atoms with Crippen LogP contribution < -0.4 is 0 Å². The average Bonchev–Trinajstić information content (AvgIpc) is 2.51. The largest absolute Gasteiger partial charge is 0.369 e. The van der Waals surface area contributed by atoms with Crippen LogP contribution in [0.1, 0.15) is 60.3 Å². The molecule has 0 aromatic carbocycles. The van der Waals surface area contributed by atoms with Gasteiger partial charge in [-0.05, 0) is 65.2 Å². The van der Waals surface area contributed by atoms with E-state index in [1.807, 2.05) is 0 Å². The number of hydrogen-bond donors (Lipinski definition) is 0. The molecule has 16 heavy (non-hydrogen) atoms. The standard InChI is InChI=1S/C15H26O/c1-11(2)7-6-9-15(5)13-8-10-14(4,16-15)12(13)3/h7,12-13H,6,8-10H2,1-5H3/t12-,13-,14+,15-/m1/s1. The molecule has 2 aliphatic rings. The van der Waals surface area contributed by atoms with Gasteiger partial charge in [0.1, 0.15) is 0 Å². The van der Waals surface area contributed by atoms with Crippen LogP contribution in [0.5, 0.6) is 0 Å². The lowest BCUT2D eigenvalue weighted by Crippen LogP contribution is -2.38. The van der Waals surface area contributed by atoms with Crippen molar-refractivity contribution in [2.75, 3.05) is 0 Å². The summed E-state index contributed by atoms with van der Waals surface area (Å²) < 4.78 is 6.40. The Hall–Kier alpha value is -0.300. The lowest BCUT2D eigenvalue weighted by molar-refractivity contribution is -0.127. The van der Waals surface area contributed by atoms with E-state index in [1.54, 1.807) is 0 Å². The summed E-state index contributed by atoms with van der Waals surface area (Å²) in [6.45, 7) is 11.4. The molecule has 4 atom stereocenters. The molecule has 92 valence electrons. The molecule has 0 aromatic heterocycles. The normalized spacial score (nSPS) is 46.1. The van der Waals surface area contributed by atoms with Crippen molar-refractivity contribution in [3.63, 3.8) is 0 Å². The SMILES string of the molecule is CC(C)=CCC[C@@]1(C)O[C@@]2(C)CC[C@@H]1[C@H]2C. The molecule has 0 amide bonds. The van der Waals surface area contributed by atoms with E-state index >= 15 is 0 Å². The molecule has 0 N–H and O–H groups in total. The Bertz CT molecular complexity index is 303. The molecule has 1 heterocycles. The predicted molar refractivity (Wildman–Crippen MR) is 68.4 cm³/mol. The smallest absolute Gasteiger partial charge is 0.0696 e. The zero-order chi connectivity index (χ0) is 12.0. The summed E-state index contributed by atoms with van der Waals surface area (Å²) in [7, 11) is 0. The summed E-state index contributed by atoms with van der Waals surface area (Å²) in [6.07, 6.45) is 7.31. The van der Waals surface area contributed by atoms with Crippen molar-refractivity contribution >= 4 is 0 Å². The third-order valence-corrected chi connectivity index (χ3v) is 4.96. The summed E-state index contributed by atoms with van der Waals surface area (Å²) in [5.41, 5.74) is 1.73. The number of fused-ring (bicyclic) bond motifs is 2. The van der Waals surface area contributed by atoms with Crippen molar-refractivity contribution in [1.29, 1.82) is 0 Å². The molecule has 0 aromatic rings. The molecule has 1 aliphatic heterocycles. The second-order valence-electron chi connectivity index (χ2n) is 6.48. The van der Waals surface area contributed by atoms with Gasteiger partial charge in [0.05, 0.1) is 11.2 Å². The molecule has 2 rings (SSSR count). The van der Waals surface area contributed by atoms with E-state index in [0.29, 0.717) is 0 Å². The molecule has 0 unspecified atom stereocenters. The maximum Gasteiger partial charge on any atom is 0.0696 e. The zero-order valence-corrected chi connectivity index (χ0v) is 11.5.